The molecule has 4 heteroatoms. The molecule has 0 atom stereocenters. The van der Waals surface area contributed by atoms with Gasteiger partial charge in [-0.2, -0.15) is 0 Å². The third-order valence-electron chi connectivity index (χ3n) is 2.21. The maximum atomic E-state index is 11.8. The Bertz CT molecular complexity index is 506. The molecular formula is C12H8BrClO2. The molecule has 2 rings (SSSR count). The summed E-state index contributed by atoms with van der Waals surface area (Å²) in [5.41, 5.74) is 1.38. The fourth-order valence-corrected chi connectivity index (χ4v) is 2.10. The highest BCUT2D eigenvalue weighted by atomic mass is 79.9. The maximum Gasteiger partial charge on any atom is 0.170 e. The van der Waals surface area contributed by atoms with Gasteiger partial charge in [0.15, 0.2) is 5.78 Å². The van der Waals surface area contributed by atoms with Crippen molar-refractivity contribution in [3.8, 4) is 0 Å². The SMILES string of the molecule is O=C(Cc1ccc(Br)cc1Cl)c1ccoc1. The molecule has 0 aliphatic rings. The fourth-order valence-electron chi connectivity index (χ4n) is 1.36. The monoisotopic (exact) mass is 298 g/mol. The molecule has 1 aromatic carbocycles. The second-order valence-corrected chi connectivity index (χ2v) is 4.67. The third kappa shape index (κ3) is 2.54. The van der Waals surface area contributed by atoms with Crippen molar-refractivity contribution in [2.75, 3.05) is 0 Å². The molecule has 0 N–H and O–H groups in total. The van der Waals surface area contributed by atoms with Gasteiger partial charge in [0.25, 0.3) is 0 Å². The van der Waals surface area contributed by atoms with Gasteiger partial charge < -0.3 is 4.42 Å². The smallest absolute Gasteiger partial charge is 0.170 e. The van der Waals surface area contributed by atoms with E-state index in [1.807, 2.05) is 12.1 Å². The van der Waals surface area contributed by atoms with Crippen molar-refractivity contribution >= 4 is 33.3 Å². The molecule has 2 nitrogen and oxygen atoms in total. The van der Waals surface area contributed by atoms with E-state index in [0.717, 1.165) is 10.0 Å². The summed E-state index contributed by atoms with van der Waals surface area (Å²) in [4.78, 5) is 11.8. The van der Waals surface area contributed by atoms with Gasteiger partial charge in [-0.3, -0.25) is 4.79 Å². The third-order valence-corrected chi connectivity index (χ3v) is 3.05. The van der Waals surface area contributed by atoms with Gasteiger partial charge in [0.05, 0.1) is 11.8 Å². The lowest BCUT2D eigenvalue weighted by atomic mass is 10.1. The largest absolute Gasteiger partial charge is 0.472 e. The van der Waals surface area contributed by atoms with E-state index in [1.54, 1.807) is 12.1 Å². The van der Waals surface area contributed by atoms with Gasteiger partial charge in [0.2, 0.25) is 0 Å². The molecule has 2 aromatic rings. The first-order chi connectivity index (χ1) is 7.66. The maximum absolute atomic E-state index is 11.8. The summed E-state index contributed by atoms with van der Waals surface area (Å²) in [5, 5.41) is 0.589. The molecule has 16 heavy (non-hydrogen) atoms. The van der Waals surface area contributed by atoms with Gasteiger partial charge in [-0.15, -0.1) is 0 Å². The van der Waals surface area contributed by atoms with Crippen molar-refractivity contribution in [3.05, 3.63) is 57.4 Å². The van der Waals surface area contributed by atoms with Gasteiger partial charge >= 0.3 is 0 Å². The number of Topliss-reactive ketones (excluding diaryl/α,β-unsaturated/α-hetero) is 1. The Labute approximate surface area is 106 Å². The summed E-state index contributed by atoms with van der Waals surface area (Å²) in [6, 6.07) is 7.13. The number of rotatable bonds is 3. The molecule has 0 fully saturated rings. The number of furan rings is 1. The van der Waals surface area contributed by atoms with Crippen molar-refractivity contribution in [1.82, 2.24) is 0 Å². The zero-order valence-corrected chi connectivity index (χ0v) is 10.6. The summed E-state index contributed by atoms with van der Waals surface area (Å²) in [7, 11) is 0. The Morgan fingerprint density at radius 3 is 2.81 bits per heavy atom. The van der Waals surface area contributed by atoms with Crippen molar-refractivity contribution in [1.29, 1.82) is 0 Å². The lowest BCUT2D eigenvalue weighted by molar-refractivity contribution is 0.0992. The molecule has 1 aromatic heterocycles. The van der Waals surface area contributed by atoms with E-state index in [9.17, 15) is 4.79 Å². The first-order valence-corrected chi connectivity index (χ1v) is 5.83. The average Bonchev–Trinajstić information content (AvgIpc) is 2.75. The molecule has 0 amide bonds. The van der Waals surface area contributed by atoms with Crippen molar-refractivity contribution in [2.45, 2.75) is 6.42 Å². The number of benzene rings is 1. The van der Waals surface area contributed by atoms with Gasteiger partial charge in [0.1, 0.15) is 6.26 Å². The van der Waals surface area contributed by atoms with Gasteiger partial charge in [0, 0.05) is 15.9 Å². The van der Waals surface area contributed by atoms with Crippen LogP contribution in [-0.2, 0) is 6.42 Å². The molecule has 0 saturated carbocycles. The molecule has 82 valence electrons. The number of hydrogen-bond acceptors (Lipinski definition) is 2. The predicted molar refractivity (Wildman–Crippen MR) is 65.9 cm³/mol. The van der Waals surface area contributed by atoms with E-state index in [-0.39, 0.29) is 12.2 Å². The molecular weight excluding hydrogens is 291 g/mol. The van der Waals surface area contributed by atoms with Crippen LogP contribution in [0, 0.1) is 0 Å². The summed E-state index contributed by atoms with van der Waals surface area (Å²) in [6.07, 6.45) is 3.21. The standard InChI is InChI=1S/C12H8BrClO2/c13-10-2-1-8(11(14)6-10)5-12(15)9-3-4-16-7-9/h1-4,6-7H,5H2. The van der Waals surface area contributed by atoms with Crippen LogP contribution in [0.5, 0.6) is 0 Å². The Kier molecular flexibility index (Phi) is 3.46. The number of carbonyl (C=O) groups excluding carboxylic acids is 1. The normalized spacial score (nSPS) is 10.4. The summed E-state index contributed by atoms with van der Waals surface area (Å²) >= 11 is 9.35. The molecule has 0 unspecified atom stereocenters. The van der Waals surface area contributed by atoms with Crippen LogP contribution in [-0.4, -0.2) is 5.78 Å². The first kappa shape index (κ1) is 11.4. The van der Waals surface area contributed by atoms with Crippen LogP contribution in [0.25, 0.3) is 0 Å². The molecule has 0 aliphatic heterocycles. The van der Waals surface area contributed by atoms with Crippen molar-refractivity contribution in [2.24, 2.45) is 0 Å². The van der Waals surface area contributed by atoms with Gasteiger partial charge in [-0.05, 0) is 23.8 Å². The highest BCUT2D eigenvalue weighted by Gasteiger charge is 2.10. The van der Waals surface area contributed by atoms with Crippen LogP contribution in [0.1, 0.15) is 15.9 Å². The summed E-state index contributed by atoms with van der Waals surface area (Å²) in [6.45, 7) is 0. The van der Waals surface area contributed by atoms with Crippen LogP contribution in [0.4, 0.5) is 0 Å². The molecule has 0 saturated heterocycles. The molecule has 0 spiro atoms. The number of hydrogen-bond donors (Lipinski definition) is 0. The Hall–Kier alpha value is -1.06. The average molecular weight is 300 g/mol. The zero-order valence-electron chi connectivity index (χ0n) is 8.24. The lowest BCUT2D eigenvalue weighted by Gasteiger charge is -2.02. The van der Waals surface area contributed by atoms with Crippen LogP contribution >= 0.6 is 27.5 Å². The molecule has 0 bridgehead atoms. The number of carbonyl (C=O) groups is 1. The quantitative estimate of drug-likeness (QED) is 0.798. The first-order valence-electron chi connectivity index (χ1n) is 4.66. The fraction of sp³-hybridized carbons (Fsp3) is 0.0833. The van der Waals surface area contributed by atoms with Crippen LogP contribution < -0.4 is 0 Å². The Morgan fingerprint density at radius 1 is 1.38 bits per heavy atom. The minimum Gasteiger partial charge on any atom is -0.472 e. The van der Waals surface area contributed by atoms with E-state index in [0.29, 0.717) is 10.6 Å². The van der Waals surface area contributed by atoms with Crippen molar-refractivity contribution < 1.29 is 9.21 Å². The lowest BCUT2D eigenvalue weighted by Crippen LogP contribution is -2.02. The van der Waals surface area contributed by atoms with Crippen LogP contribution in [0.2, 0.25) is 5.02 Å². The molecule has 1 heterocycles. The minimum absolute atomic E-state index is 0.00188. The molecule has 0 radical (unpaired) electrons. The second kappa shape index (κ2) is 4.85. The second-order valence-electron chi connectivity index (χ2n) is 3.35. The van der Waals surface area contributed by atoms with E-state index in [2.05, 4.69) is 15.9 Å². The van der Waals surface area contributed by atoms with E-state index < -0.39 is 0 Å². The van der Waals surface area contributed by atoms with E-state index in [1.165, 1.54) is 12.5 Å². The predicted octanol–water partition coefficient (Wildman–Crippen LogP) is 4.12. The summed E-state index contributed by atoms with van der Waals surface area (Å²) in [5.74, 6) is -0.00188. The number of halogens is 2. The highest BCUT2D eigenvalue weighted by Crippen LogP contribution is 2.22. The van der Waals surface area contributed by atoms with Crippen LogP contribution in [0.15, 0.2) is 45.7 Å². The van der Waals surface area contributed by atoms with Crippen LogP contribution in [0.3, 0.4) is 0 Å². The Balaban J connectivity index is 2.18. The van der Waals surface area contributed by atoms with Crippen molar-refractivity contribution in [3.63, 3.8) is 0 Å². The zero-order chi connectivity index (χ0) is 11.5. The minimum atomic E-state index is -0.00188. The summed E-state index contributed by atoms with van der Waals surface area (Å²) < 4.78 is 5.76. The Morgan fingerprint density at radius 2 is 2.19 bits per heavy atom. The topological polar surface area (TPSA) is 30.2 Å². The van der Waals surface area contributed by atoms with Gasteiger partial charge in [-0.25, -0.2) is 0 Å². The van der Waals surface area contributed by atoms with E-state index in [4.69, 9.17) is 16.0 Å². The van der Waals surface area contributed by atoms with Gasteiger partial charge in [-0.1, -0.05) is 33.6 Å². The number of ketones is 1. The highest BCUT2D eigenvalue weighted by molar-refractivity contribution is 9.10. The van der Waals surface area contributed by atoms with E-state index >= 15 is 0 Å². The molecule has 0 aliphatic carbocycles.